The maximum atomic E-state index is 6.04. The number of H-pyrrole nitrogens is 1. The second kappa shape index (κ2) is 5.83. The topological polar surface area (TPSA) is 53.9 Å². The molecular formula is C14H14ClN3OS. The summed E-state index contributed by atoms with van der Waals surface area (Å²) >= 11 is 7.59. The molecule has 0 aromatic carbocycles. The summed E-state index contributed by atoms with van der Waals surface area (Å²) in [5, 5.41) is 10.5. The minimum atomic E-state index is -0.00296. The predicted octanol–water partition coefficient (Wildman–Crippen LogP) is 3.91. The number of hydrogen-bond acceptors (Lipinski definition) is 4. The lowest BCUT2D eigenvalue weighted by molar-refractivity contribution is 0.449. The van der Waals surface area contributed by atoms with Gasteiger partial charge in [-0.05, 0) is 31.2 Å². The Hall–Kier alpha value is -1.56. The van der Waals surface area contributed by atoms with Crippen LogP contribution in [0.15, 0.2) is 41.1 Å². The summed E-state index contributed by atoms with van der Waals surface area (Å²) in [5.74, 6) is 0.879. The zero-order chi connectivity index (χ0) is 13.9. The van der Waals surface area contributed by atoms with Crippen LogP contribution in [0.3, 0.4) is 0 Å². The zero-order valence-electron chi connectivity index (χ0n) is 10.9. The quantitative estimate of drug-likeness (QED) is 0.751. The number of furan rings is 1. The van der Waals surface area contributed by atoms with Gasteiger partial charge < -0.3 is 4.42 Å². The van der Waals surface area contributed by atoms with Crippen LogP contribution in [-0.2, 0) is 6.54 Å². The van der Waals surface area contributed by atoms with Crippen LogP contribution in [0.5, 0.6) is 0 Å². The normalized spacial score (nSPS) is 12.7. The highest BCUT2D eigenvalue weighted by atomic mass is 35.5. The van der Waals surface area contributed by atoms with E-state index < -0.39 is 0 Å². The molecule has 4 nitrogen and oxygen atoms in total. The van der Waals surface area contributed by atoms with E-state index in [2.05, 4.69) is 15.5 Å². The standard InChI is InChI=1S/C14H14ClN3OS/c1-9-10(8-17-18-9)7-16-14(11-3-2-6-19-11)12-4-5-13(15)20-12/h2-6,8,14,16H,7H2,1H3,(H,17,18). The Labute approximate surface area is 125 Å². The molecule has 2 N–H and O–H groups in total. The van der Waals surface area contributed by atoms with Gasteiger partial charge in [0.25, 0.3) is 0 Å². The molecule has 3 aromatic heterocycles. The first kappa shape index (κ1) is 13.4. The molecule has 0 aliphatic carbocycles. The molecule has 104 valence electrons. The molecule has 0 aliphatic rings. The Balaban J connectivity index is 1.81. The molecule has 0 radical (unpaired) electrons. The lowest BCUT2D eigenvalue weighted by Gasteiger charge is -2.15. The van der Waals surface area contributed by atoms with Gasteiger partial charge in [0.2, 0.25) is 0 Å². The smallest absolute Gasteiger partial charge is 0.126 e. The van der Waals surface area contributed by atoms with Gasteiger partial charge in [-0.3, -0.25) is 10.4 Å². The molecule has 0 saturated heterocycles. The van der Waals surface area contributed by atoms with Crippen LogP contribution >= 0.6 is 22.9 Å². The molecule has 3 aromatic rings. The number of thiophene rings is 1. The van der Waals surface area contributed by atoms with Gasteiger partial charge in [-0.15, -0.1) is 11.3 Å². The molecule has 0 aliphatic heterocycles. The molecule has 3 rings (SSSR count). The van der Waals surface area contributed by atoms with Gasteiger partial charge in [0, 0.05) is 22.7 Å². The molecule has 1 atom stereocenters. The van der Waals surface area contributed by atoms with E-state index in [4.69, 9.17) is 16.0 Å². The van der Waals surface area contributed by atoms with Gasteiger partial charge in [0.1, 0.15) is 11.8 Å². The summed E-state index contributed by atoms with van der Waals surface area (Å²) in [5.41, 5.74) is 2.21. The van der Waals surface area contributed by atoms with Crippen molar-refractivity contribution in [1.29, 1.82) is 0 Å². The van der Waals surface area contributed by atoms with Gasteiger partial charge in [-0.2, -0.15) is 5.10 Å². The molecule has 6 heteroatoms. The molecule has 3 heterocycles. The highest BCUT2D eigenvalue weighted by Gasteiger charge is 2.18. The van der Waals surface area contributed by atoms with Crippen molar-refractivity contribution in [2.45, 2.75) is 19.5 Å². The molecule has 0 saturated carbocycles. The number of hydrogen-bond donors (Lipinski definition) is 2. The van der Waals surface area contributed by atoms with Gasteiger partial charge in [0.15, 0.2) is 0 Å². The fourth-order valence-electron chi connectivity index (χ4n) is 2.05. The van der Waals surface area contributed by atoms with E-state index in [-0.39, 0.29) is 6.04 Å². The number of nitrogens with zero attached hydrogens (tertiary/aromatic N) is 1. The van der Waals surface area contributed by atoms with Crippen LogP contribution in [0.2, 0.25) is 4.34 Å². The molecule has 0 bridgehead atoms. The average Bonchev–Trinajstić information content (AvgIpc) is 3.14. The minimum Gasteiger partial charge on any atom is -0.467 e. The van der Waals surface area contributed by atoms with Crippen LogP contribution in [0.1, 0.15) is 27.9 Å². The molecule has 20 heavy (non-hydrogen) atoms. The molecule has 0 spiro atoms. The summed E-state index contributed by atoms with van der Waals surface area (Å²) in [6.45, 7) is 2.72. The van der Waals surface area contributed by atoms with Gasteiger partial charge in [-0.25, -0.2) is 0 Å². The van der Waals surface area contributed by atoms with Crippen molar-refractivity contribution < 1.29 is 4.42 Å². The lowest BCUT2D eigenvalue weighted by atomic mass is 10.1. The molecule has 0 fully saturated rings. The monoisotopic (exact) mass is 307 g/mol. The third kappa shape index (κ3) is 2.80. The van der Waals surface area contributed by atoms with Crippen molar-refractivity contribution in [1.82, 2.24) is 15.5 Å². The number of rotatable bonds is 5. The van der Waals surface area contributed by atoms with Crippen molar-refractivity contribution in [2.75, 3.05) is 0 Å². The molecule has 1 unspecified atom stereocenters. The Morgan fingerprint density at radius 1 is 1.45 bits per heavy atom. The van der Waals surface area contributed by atoms with E-state index in [0.717, 1.165) is 26.2 Å². The van der Waals surface area contributed by atoms with Crippen molar-refractivity contribution >= 4 is 22.9 Å². The Morgan fingerprint density at radius 3 is 2.95 bits per heavy atom. The largest absolute Gasteiger partial charge is 0.467 e. The number of halogens is 1. The third-order valence-corrected chi connectivity index (χ3v) is 4.43. The maximum Gasteiger partial charge on any atom is 0.126 e. The maximum absolute atomic E-state index is 6.04. The second-order valence-electron chi connectivity index (χ2n) is 4.49. The number of aryl methyl sites for hydroxylation is 1. The summed E-state index contributed by atoms with van der Waals surface area (Å²) in [7, 11) is 0. The van der Waals surface area contributed by atoms with Crippen LogP contribution in [0.4, 0.5) is 0 Å². The number of aromatic amines is 1. The van der Waals surface area contributed by atoms with E-state index >= 15 is 0 Å². The van der Waals surface area contributed by atoms with Crippen LogP contribution in [0.25, 0.3) is 0 Å². The molecule has 0 amide bonds. The van der Waals surface area contributed by atoms with Crippen LogP contribution in [-0.4, -0.2) is 10.2 Å². The average molecular weight is 308 g/mol. The van der Waals surface area contributed by atoms with E-state index in [9.17, 15) is 0 Å². The third-order valence-electron chi connectivity index (χ3n) is 3.14. The van der Waals surface area contributed by atoms with Crippen LogP contribution in [0, 0.1) is 6.92 Å². The Morgan fingerprint density at radius 2 is 2.35 bits per heavy atom. The molecular weight excluding hydrogens is 294 g/mol. The highest BCUT2D eigenvalue weighted by Crippen LogP contribution is 2.31. The van der Waals surface area contributed by atoms with Crippen molar-refractivity contribution in [3.05, 3.63) is 63.0 Å². The van der Waals surface area contributed by atoms with Crippen molar-refractivity contribution in [2.24, 2.45) is 0 Å². The minimum absolute atomic E-state index is 0.00296. The second-order valence-corrected chi connectivity index (χ2v) is 6.24. The van der Waals surface area contributed by atoms with E-state index in [0.29, 0.717) is 6.54 Å². The Kier molecular flexibility index (Phi) is 3.91. The summed E-state index contributed by atoms with van der Waals surface area (Å²) in [4.78, 5) is 1.13. The van der Waals surface area contributed by atoms with E-state index in [1.165, 1.54) is 0 Å². The van der Waals surface area contributed by atoms with E-state index in [1.54, 1.807) is 17.6 Å². The van der Waals surface area contributed by atoms with Crippen LogP contribution < -0.4 is 5.32 Å². The van der Waals surface area contributed by atoms with Crippen molar-refractivity contribution in [3.8, 4) is 0 Å². The zero-order valence-corrected chi connectivity index (χ0v) is 12.5. The summed E-state index contributed by atoms with van der Waals surface area (Å²) in [6.07, 6.45) is 3.52. The van der Waals surface area contributed by atoms with Crippen molar-refractivity contribution in [3.63, 3.8) is 0 Å². The fraction of sp³-hybridized carbons (Fsp3) is 0.214. The SMILES string of the molecule is Cc1[nH]ncc1CNC(c1ccco1)c1ccc(Cl)s1. The lowest BCUT2D eigenvalue weighted by Crippen LogP contribution is -2.20. The fourth-order valence-corrected chi connectivity index (χ4v) is 3.19. The predicted molar refractivity (Wildman–Crippen MR) is 80.0 cm³/mol. The van der Waals surface area contributed by atoms with Gasteiger partial charge in [-0.1, -0.05) is 11.6 Å². The Bertz CT molecular complexity index is 674. The summed E-state index contributed by atoms with van der Waals surface area (Å²) in [6, 6.07) is 7.78. The number of aromatic nitrogens is 2. The van der Waals surface area contributed by atoms with Gasteiger partial charge >= 0.3 is 0 Å². The first-order valence-corrected chi connectivity index (χ1v) is 7.44. The van der Waals surface area contributed by atoms with E-state index in [1.807, 2.05) is 37.4 Å². The first-order chi connectivity index (χ1) is 9.74. The first-order valence-electron chi connectivity index (χ1n) is 6.25. The number of nitrogens with one attached hydrogen (secondary N) is 2. The van der Waals surface area contributed by atoms with Gasteiger partial charge in [0.05, 0.1) is 16.8 Å². The highest BCUT2D eigenvalue weighted by molar-refractivity contribution is 7.16. The summed E-state index contributed by atoms with van der Waals surface area (Å²) < 4.78 is 6.31.